The lowest BCUT2D eigenvalue weighted by Gasteiger charge is -2.38. The summed E-state index contributed by atoms with van der Waals surface area (Å²) in [6.07, 6.45) is 12.7. The Bertz CT molecular complexity index is 1520. The van der Waals surface area contributed by atoms with Gasteiger partial charge in [0.15, 0.2) is 11.9 Å². The van der Waals surface area contributed by atoms with Gasteiger partial charge in [0.2, 0.25) is 5.88 Å². The number of nitrogens with zero attached hydrogens (tertiary/aromatic N) is 5. The van der Waals surface area contributed by atoms with Crippen molar-refractivity contribution < 1.29 is 17.9 Å². The van der Waals surface area contributed by atoms with Gasteiger partial charge in [-0.3, -0.25) is 4.79 Å². The van der Waals surface area contributed by atoms with Gasteiger partial charge in [-0.25, -0.2) is 14.4 Å². The molecule has 2 N–H and O–H groups in total. The summed E-state index contributed by atoms with van der Waals surface area (Å²) in [6.45, 7) is 7.53. The number of hydrogen-bond donors (Lipinski definition) is 2. The minimum atomic E-state index is -4.22. The second kappa shape index (κ2) is 9.17. The number of sulfonamides is 1. The fourth-order valence-electron chi connectivity index (χ4n) is 5.28. The van der Waals surface area contributed by atoms with Gasteiger partial charge in [-0.05, 0) is 63.5 Å². The highest BCUT2D eigenvalue weighted by atomic mass is 32.2. The Kier molecular flexibility index (Phi) is 6.00. The number of anilines is 1. The van der Waals surface area contributed by atoms with Crippen LogP contribution >= 0.6 is 0 Å². The molecule has 2 aromatic rings. The zero-order valence-corrected chi connectivity index (χ0v) is 23.1. The summed E-state index contributed by atoms with van der Waals surface area (Å²) in [5.41, 5.74) is 0.214. The average Bonchev–Trinajstić information content (AvgIpc) is 3.30. The van der Waals surface area contributed by atoms with Crippen LogP contribution in [0.2, 0.25) is 0 Å². The molecule has 1 saturated carbocycles. The molecule has 12 heteroatoms. The first-order valence-electron chi connectivity index (χ1n) is 13.2. The average molecular weight is 551 g/mol. The zero-order valence-electron chi connectivity index (χ0n) is 22.3. The van der Waals surface area contributed by atoms with Crippen LogP contribution < -0.4 is 19.7 Å². The zero-order chi connectivity index (χ0) is 27.4. The summed E-state index contributed by atoms with van der Waals surface area (Å²) in [5, 5.41) is 7.52. The van der Waals surface area contributed by atoms with Gasteiger partial charge in [-0.2, -0.15) is 13.4 Å². The summed E-state index contributed by atoms with van der Waals surface area (Å²) in [7, 11) is -4.22. The third-order valence-electron chi connectivity index (χ3n) is 7.97. The third kappa shape index (κ3) is 5.02. The number of rotatable bonds is 5. The maximum absolute atomic E-state index is 13.4. The highest BCUT2D eigenvalue weighted by Crippen LogP contribution is 2.48. The predicted octanol–water partition coefficient (Wildman–Crippen LogP) is 2.86. The monoisotopic (exact) mass is 550 g/mol. The molecule has 39 heavy (non-hydrogen) atoms. The quantitative estimate of drug-likeness (QED) is 0.544. The Labute approximate surface area is 228 Å². The van der Waals surface area contributed by atoms with Crippen molar-refractivity contribution in [2.24, 2.45) is 10.4 Å². The van der Waals surface area contributed by atoms with Crippen LogP contribution in [0, 0.1) is 11.5 Å². The normalized spacial score (nSPS) is 23.9. The maximum atomic E-state index is 13.4. The molecule has 1 amide bonds. The van der Waals surface area contributed by atoms with E-state index in [1.807, 2.05) is 0 Å². The van der Waals surface area contributed by atoms with E-state index in [1.54, 1.807) is 29.1 Å². The van der Waals surface area contributed by atoms with Crippen LogP contribution in [0.1, 0.15) is 63.2 Å². The fraction of sp³-hybridized carbons (Fsp3) is 0.481. The van der Waals surface area contributed by atoms with Crippen LogP contribution in [0.25, 0.3) is 5.82 Å². The second-order valence-corrected chi connectivity index (χ2v) is 13.1. The molecule has 2 bridgehead atoms. The van der Waals surface area contributed by atoms with Gasteiger partial charge in [-0.1, -0.05) is 6.92 Å². The first-order chi connectivity index (χ1) is 18.5. The van der Waals surface area contributed by atoms with Gasteiger partial charge in [-0.15, -0.1) is 5.10 Å². The minimum Gasteiger partial charge on any atom is -0.477 e. The Morgan fingerprint density at radius 3 is 2.79 bits per heavy atom. The second-order valence-electron chi connectivity index (χ2n) is 11.5. The molecule has 5 heterocycles. The van der Waals surface area contributed by atoms with E-state index in [0.29, 0.717) is 41.9 Å². The molecule has 6 rings (SSSR count). The van der Waals surface area contributed by atoms with E-state index in [9.17, 15) is 13.2 Å². The van der Waals surface area contributed by atoms with Crippen molar-refractivity contribution in [2.45, 2.75) is 64.5 Å². The van der Waals surface area contributed by atoms with Crippen LogP contribution in [-0.4, -0.2) is 58.9 Å². The largest absolute Gasteiger partial charge is 0.477 e. The van der Waals surface area contributed by atoms with Crippen molar-refractivity contribution in [3.8, 4) is 11.7 Å². The molecular weight excluding hydrogens is 518 g/mol. The number of fused-ring (bicyclic) bond motifs is 4. The lowest BCUT2D eigenvalue weighted by molar-refractivity contribution is 0.0982. The molecule has 204 valence electrons. The lowest BCUT2D eigenvalue weighted by Crippen LogP contribution is -2.49. The van der Waals surface area contributed by atoms with Crippen molar-refractivity contribution in [2.75, 3.05) is 18.1 Å². The van der Waals surface area contributed by atoms with Crippen LogP contribution in [0.3, 0.4) is 0 Å². The van der Waals surface area contributed by atoms with Crippen molar-refractivity contribution in [1.29, 1.82) is 0 Å². The number of amides is 1. The molecule has 1 aliphatic carbocycles. The third-order valence-corrected chi connectivity index (χ3v) is 9.21. The number of nitrogens with one attached hydrogen (secondary N) is 2. The molecule has 0 radical (unpaired) electrons. The lowest BCUT2D eigenvalue weighted by atomic mass is 10.0. The molecule has 1 unspecified atom stereocenters. The van der Waals surface area contributed by atoms with Crippen LogP contribution in [0.15, 0.2) is 47.4 Å². The highest BCUT2D eigenvalue weighted by molar-refractivity contribution is 8.05. The number of aromatic nitrogens is 3. The van der Waals surface area contributed by atoms with Gasteiger partial charge in [0.05, 0.1) is 12.2 Å². The summed E-state index contributed by atoms with van der Waals surface area (Å²) >= 11 is 0. The van der Waals surface area contributed by atoms with Crippen molar-refractivity contribution >= 4 is 26.8 Å². The molecule has 1 saturated heterocycles. The van der Waals surface area contributed by atoms with E-state index >= 15 is 0 Å². The van der Waals surface area contributed by atoms with E-state index in [2.05, 4.69) is 51.9 Å². The van der Waals surface area contributed by atoms with E-state index < -0.39 is 15.9 Å². The molecule has 2 fully saturated rings. The number of ether oxygens (including phenoxy) is 1. The van der Waals surface area contributed by atoms with Gasteiger partial charge in [0, 0.05) is 30.4 Å². The van der Waals surface area contributed by atoms with Gasteiger partial charge < -0.3 is 15.0 Å². The van der Waals surface area contributed by atoms with E-state index in [-0.39, 0.29) is 22.2 Å². The van der Waals surface area contributed by atoms with E-state index in [1.165, 1.54) is 25.0 Å². The molecule has 3 aliphatic heterocycles. The SMILES string of the molecule is CC1(CCOc2ccn(-c3ccc4c(n3)N3C(CCC3(C)C)CNC3=[C+]C=CC(=N3)S(=O)(=O)NC4=O)n2)CC1. The highest BCUT2D eigenvalue weighted by Gasteiger charge is 2.43. The first-order valence-corrected chi connectivity index (χ1v) is 14.7. The number of allylic oxidation sites excluding steroid dienone is 2. The molecule has 11 nitrogen and oxygen atoms in total. The number of carbonyl (C=O) groups is 1. The van der Waals surface area contributed by atoms with Gasteiger partial charge in [0.1, 0.15) is 18.0 Å². The van der Waals surface area contributed by atoms with E-state index in [0.717, 1.165) is 19.3 Å². The van der Waals surface area contributed by atoms with Gasteiger partial charge >= 0.3 is 10.0 Å². The number of carbonyl (C=O) groups excluding carboxylic acids is 1. The predicted molar refractivity (Wildman–Crippen MR) is 146 cm³/mol. The Morgan fingerprint density at radius 2 is 2.00 bits per heavy atom. The smallest absolute Gasteiger partial charge is 0.301 e. The molecule has 4 aliphatic rings. The number of aliphatic imine (C=N–C) groups is 1. The van der Waals surface area contributed by atoms with Gasteiger partial charge in [0.25, 0.3) is 16.8 Å². The van der Waals surface area contributed by atoms with Crippen molar-refractivity contribution in [1.82, 2.24) is 24.8 Å². The van der Waals surface area contributed by atoms with Crippen molar-refractivity contribution in [3.05, 3.63) is 54.0 Å². The number of hydrogen-bond acceptors (Lipinski definition) is 9. The summed E-state index contributed by atoms with van der Waals surface area (Å²) in [4.78, 5) is 24.6. The molecule has 0 spiro atoms. The summed E-state index contributed by atoms with van der Waals surface area (Å²) in [5.74, 6) is 0.932. The molecule has 0 aromatic carbocycles. The standard InChI is InChI=1S/C27H31N7O4S/c1-26(2)11-9-18-17-28-20-5-4-6-23(29-20)39(36,37)32-25(35)19-7-8-21(30-24(19)34(18)26)33-15-10-22(31-33)38-16-14-27(3)12-13-27/h4,6-8,10,15,18H,9,11-14,16-17H2,1-3H3,(H-,28,29,32,35)/p+1. The Hall–Kier alpha value is -3.76. The molecule has 2 aromatic heterocycles. The van der Waals surface area contributed by atoms with Crippen LogP contribution in [0.4, 0.5) is 5.82 Å². The first kappa shape index (κ1) is 25.5. The Balaban J connectivity index is 1.37. The number of pyridine rings is 1. The summed E-state index contributed by atoms with van der Waals surface area (Å²) in [6, 6.07) is 5.02. The maximum Gasteiger partial charge on any atom is 0.301 e. The minimum absolute atomic E-state index is 0.0236. The Morgan fingerprint density at radius 1 is 1.18 bits per heavy atom. The fourth-order valence-corrected chi connectivity index (χ4v) is 6.19. The van der Waals surface area contributed by atoms with Crippen LogP contribution in [0.5, 0.6) is 5.88 Å². The summed E-state index contributed by atoms with van der Waals surface area (Å²) < 4.78 is 35.7. The molecule has 1 atom stereocenters. The van der Waals surface area contributed by atoms with Crippen LogP contribution in [-0.2, 0) is 10.0 Å². The van der Waals surface area contributed by atoms with Crippen molar-refractivity contribution in [3.63, 3.8) is 0 Å². The van der Waals surface area contributed by atoms with E-state index in [4.69, 9.17) is 9.72 Å². The topological polar surface area (TPSA) is 131 Å². The molecular formula is C27H32N7O4S+.